The Morgan fingerprint density at radius 3 is 2.95 bits per heavy atom. The molecule has 0 atom stereocenters. The Bertz CT molecular complexity index is 791. The summed E-state index contributed by atoms with van der Waals surface area (Å²) in [4.78, 5) is 20.5. The number of nitrogens with one attached hydrogen (secondary N) is 1. The molecule has 3 heterocycles. The molecular formula is C14H17N7O. The molecule has 0 unspecified atom stereocenters. The Morgan fingerprint density at radius 2 is 2.18 bits per heavy atom. The van der Waals surface area contributed by atoms with Gasteiger partial charge in [0.2, 0.25) is 5.82 Å². The molecule has 3 rings (SSSR count). The molecule has 0 bridgehead atoms. The third kappa shape index (κ3) is 2.95. The molecule has 0 spiro atoms. The van der Waals surface area contributed by atoms with Crippen LogP contribution in [0.15, 0.2) is 24.5 Å². The lowest BCUT2D eigenvalue weighted by Gasteiger charge is -2.02. The van der Waals surface area contributed by atoms with E-state index in [0.717, 1.165) is 24.4 Å². The second-order valence-electron chi connectivity index (χ2n) is 5.06. The Hall–Kier alpha value is -2.77. The van der Waals surface area contributed by atoms with Crippen molar-refractivity contribution in [3.8, 4) is 0 Å². The molecule has 0 saturated heterocycles. The highest BCUT2D eigenvalue weighted by molar-refractivity contribution is 5.90. The summed E-state index contributed by atoms with van der Waals surface area (Å²) in [7, 11) is 0. The maximum atomic E-state index is 12.1. The summed E-state index contributed by atoms with van der Waals surface area (Å²) in [5.74, 6) is 0.294. The first kappa shape index (κ1) is 14.2. The van der Waals surface area contributed by atoms with Gasteiger partial charge in [-0.3, -0.25) is 9.48 Å². The van der Waals surface area contributed by atoms with E-state index in [1.807, 2.05) is 36.9 Å². The predicted molar refractivity (Wildman–Crippen MR) is 79.4 cm³/mol. The number of amides is 1. The van der Waals surface area contributed by atoms with Gasteiger partial charge >= 0.3 is 0 Å². The first-order chi connectivity index (χ1) is 10.6. The second kappa shape index (κ2) is 5.92. The van der Waals surface area contributed by atoms with Crippen molar-refractivity contribution in [3.05, 3.63) is 41.7 Å². The van der Waals surface area contributed by atoms with Gasteiger partial charge in [-0.25, -0.2) is 9.50 Å². The van der Waals surface area contributed by atoms with Gasteiger partial charge in [0.25, 0.3) is 11.7 Å². The summed E-state index contributed by atoms with van der Waals surface area (Å²) in [5, 5.41) is 11.1. The number of rotatable bonds is 5. The fourth-order valence-electron chi connectivity index (χ4n) is 2.22. The summed E-state index contributed by atoms with van der Waals surface area (Å²) in [5.41, 5.74) is 1.75. The standard InChI is InChI=1S/C14H17N7O/c1-10-9-11(2)21-14(17-10)18-12(19-21)13(22)15-5-3-7-20-8-4-6-16-20/h4,6,8-9H,3,5,7H2,1-2H3,(H,15,22). The quantitative estimate of drug-likeness (QED) is 0.702. The molecule has 0 fully saturated rings. The predicted octanol–water partition coefficient (Wildman–Crippen LogP) is 0.758. The Labute approximate surface area is 127 Å². The van der Waals surface area contributed by atoms with Crippen LogP contribution in [0.4, 0.5) is 0 Å². The number of carbonyl (C=O) groups is 1. The van der Waals surface area contributed by atoms with Gasteiger partial charge in [-0.1, -0.05) is 0 Å². The van der Waals surface area contributed by atoms with Gasteiger partial charge in [0.05, 0.1) is 0 Å². The topological polar surface area (TPSA) is 90.0 Å². The lowest BCUT2D eigenvalue weighted by Crippen LogP contribution is -2.26. The van der Waals surface area contributed by atoms with E-state index in [9.17, 15) is 4.79 Å². The average molecular weight is 299 g/mol. The molecule has 0 saturated carbocycles. The van der Waals surface area contributed by atoms with Crippen molar-refractivity contribution in [1.82, 2.24) is 34.7 Å². The average Bonchev–Trinajstić information content (AvgIpc) is 3.12. The highest BCUT2D eigenvalue weighted by atomic mass is 16.2. The molecule has 8 nitrogen and oxygen atoms in total. The van der Waals surface area contributed by atoms with E-state index >= 15 is 0 Å². The van der Waals surface area contributed by atoms with Crippen molar-refractivity contribution in [2.45, 2.75) is 26.8 Å². The molecule has 8 heteroatoms. The molecule has 3 aromatic rings. The van der Waals surface area contributed by atoms with E-state index in [0.29, 0.717) is 12.3 Å². The third-order valence-electron chi connectivity index (χ3n) is 3.23. The molecule has 0 aliphatic rings. The minimum Gasteiger partial charge on any atom is -0.349 e. The van der Waals surface area contributed by atoms with Gasteiger partial charge in [0.15, 0.2) is 0 Å². The van der Waals surface area contributed by atoms with Crippen molar-refractivity contribution < 1.29 is 4.79 Å². The van der Waals surface area contributed by atoms with E-state index < -0.39 is 0 Å². The van der Waals surface area contributed by atoms with Crippen molar-refractivity contribution in [1.29, 1.82) is 0 Å². The van der Waals surface area contributed by atoms with Crippen LogP contribution in [0.1, 0.15) is 28.4 Å². The van der Waals surface area contributed by atoms with Crippen LogP contribution in [0.25, 0.3) is 5.78 Å². The fraction of sp³-hybridized carbons (Fsp3) is 0.357. The van der Waals surface area contributed by atoms with Crippen molar-refractivity contribution in [2.24, 2.45) is 0 Å². The maximum absolute atomic E-state index is 12.1. The monoisotopic (exact) mass is 299 g/mol. The molecule has 0 radical (unpaired) electrons. The smallest absolute Gasteiger partial charge is 0.291 e. The van der Waals surface area contributed by atoms with Gasteiger partial charge in [0, 0.05) is 36.9 Å². The van der Waals surface area contributed by atoms with E-state index in [1.165, 1.54) is 0 Å². The summed E-state index contributed by atoms with van der Waals surface area (Å²) >= 11 is 0. The van der Waals surface area contributed by atoms with Crippen molar-refractivity contribution in [2.75, 3.05) is 6.54 Å². The Morgan fingerprint density at radius 1 is 1.32 bits per heavy atom. The van der Waals surface area contributed by atoms with Gasteiger partial charge in [0.1, 0.15) is 0 Å². The van der Waals surface area contributed by atoms with Crippen LogP contribution in [0.3, 0.4) is 0 Å². The van der Waals surface area contributed by atoms with E-state index in [4.69, 9.17) is 0 Å². The molecule has 0 aliphatic carbocycles. The van der Waals surface area contributed by atoms with Crippen LogP contribution >= 0.6 is 0 Å². The third-order valence-corrected chi connectivity index (χ3v) is 3.23. The SMILES string of the molecule is Cc1cc(C)n2nc(C(=O)NCCCn3cccn3)nc2n1. The van der Waals surface area contributed by atoms with E-state index in [-0.39, 0.29) is 11.7 Å². The molecule has 114 valence electrons. The minimum atomic E-state index is -0.289. The van der Waals surface area contributed by atoms with Gasteiger partial charge in [-0.15, -0.1) is 5.10 Å². The highest BCUT2D eigenvalue weighted by Gasteiger charge is 2.14. The molecule has 1 N–H and O–H groups in total. The maximum Gasteiger partial charge on any atom is 0.291 e. The zero-order valence-corrected chi connectivity index (χ0v) is 12.5. The largest absolute Gasteiger partial charge is 0.349 e. The molecule has 1 amide bonds. The lowest BCUT2D eigenvalue weighted by molar-refractivity contribution is 0.0942. The van der Waals surface area contributed by atoms with Crippen LogP contribution in [0, 0.1) is 13.8 Å². The van der Waals surface area contributed by atoms with Crippen LogP contribution in [0.2, 0.25) is 0 Å². The molecule has 0 aliphatic heterocycles. The first-order valence-corrected chi connectivity index (χ1v) is 7.10. The Balaban J connectivity index is 1.61. The van der Waals surface area contributed by atoms with Crippen molar-refractivity contribution >= 4 is 11.7 Å². The Kier molecular flexibility index (Phi) is 3.82. The zero-order chi connectivity index (χ0) is 15.5. The number of nitrogens with zero attached hydrogens (tertiary/aromatic N) is 6. The van der Waals surface area contributed by atoms with Gasteiger partial charge in [-0.05, 0) is 32.4 Å². The number of hydrogen-bond acceptors (Lipinski definition) is 5. The summed E-state index contributed by atoms with van der Waals surface area (Å²) in [6, 6.07) is 3.77. The minimum absolute atomic E-state index is 0.139. The van der Waals surface area contributed by atoms with Crippen LogP contribution in [-0.2, 0) is 6.54 Å². The highest BCUT2D eigenvalue weighted by Crippen LogP contribution is 2.05. The van der Waals surface area contributed by atoms with Gasteiger partial charge < -0.3 is 5.32 Å². The fourth-order valence-corrected chi connectivity index (χ4v) is 2.22. The van der Waals surface area contributed by atoms with Crippen LogP contribution in [-0.4, -0.2) is 41.8 Å². The molecule has 3 aromatic heterocycles. The number of aryl methyl sites for hydroxylation is 3. The zero-order valence-electron chi connectivity index (χ0n) is 12.5. The second-order valence-corrected chi connectivity index (χ2v) is 5.06. The van der Waals surface area contributed by atoms with Gasteiger partial charge in [-0.2, -0.15) is 10.1 Å². The molecule has 22 heavy (non-hydrogen) atoms. The lowest BCUT2D eigenvalue weighted by atomic mass is 10.4. The van der Waals surface area contributed by atoms with E-state index in [2.05, 4.69) is 25.5 Å². The van der Waals surface area contributed by atoms with Crippen molar-refractivity contribution in [3.63, 3.8) is 0 Å². The number of fused-ring (bicyclic) bond motifs is 1. The molecule has 0 aromatic carbocycles. The number of hydrogen-bond donors (Lipinski definition) is 1. The molecular weight excluding hydrogens is 282 g/mol. The number of carbonyl (C=O) groups excluding carboxylic acids is 1. The van der Waals surface area contributed by atoms with Crippen LogP contribution < -0.4 is 5.32 Å². The summed E-state index contributed by atoms with van der Waals surface area (Å²) < 4.78 is 3.40. The number of aromatic nitrogens is 6. The summed E-state index contributed by atoms with van der Waals surface area (Å²) in [6.07, 6.45) is 4.41. The normalized spacial score (nSPS) is 11.0. The van der Waals surface area contributed by atoms with E-state index in [1.54, 1.807) is 10.7 Å². The summed E-state index contributed by atoms with van der Waals surface area (Å²) in [6.45, 7) is 5.09. The van der Waals surface area contributed by atoms with Crippen LogP contribution in [0.5, 0.6) is 0 Å². The first-order valence-electron chi connectivity index (χ1n) is 7.10.